The summed E-state index contributed by atoms with van der Waals surface area (Å²) >= 11 is 3.32. The molecule has 0 aromatic heterocycles. The summed E-state index contributed by atoms with van der Waals surface area (Å²) in [6.45, 7) is 0.212. The number of rotatable bonds is 8. The van der Waals surface area contributed by atoms with Crippen molar-refractivity contribution in [2.75, 3.05) is 6.54 Å². The minimum atomic E-state index is -0.888. The van der Waals surface area contributed by atoms with Gasteiger partial charge in [-0.2, -0.15) is 0 Å². The Kier molecular flexibility index (Phi) is 7.22. The summed E-state index contributed by atoms with van der Waals surface area (Å²) in [7, 11) is 0. The average molecular weight is 490 g/mol. The van der Waals surface area contributed by atoms with Crippen LogP contribution >= 0.6 is 15.9 Å². The number of carbonyl (C=O) groups excluding carboxylic acids is 2. The van der Waals surface area contributed by atoms with Gasteiger partial charge in [-0.15, -0.1) is 0 Å². The van der Waals surface area contributed by atoms with E-state index in [1.54, 1.807) is 24.3 Å². The molecule has 1 fully saturated rings. The number of halogens is 2. The maximum absolute atomic E-state index is 13.5. The fraction of sp³-hybridized carbons (Fsp3) is 0.261. The van der Waals surface area contributed by atoms with Crippen molar-refractivity contribution in [3.05, 3.63) is 75.5 Å². The highest BCUT2D eigenvalue weighted by atomic mass is 79.9. The predicted octanol–water partition coefficient (Wildman–Crippen LogP) is 4.65. The van der Waals surface area contributed by atoms with E-state index < -0.39 is 29.5 Å². The third-order valence-corrected chi connectivity index (χ3v) is 5.66. The van der Waals surface area contributed by atoms with E-state index in [4.69, 9.17) is 5.11 Å². The van der Waals surface area contributed by atoms with Gasteiger partial charge in [0.2, 0.25) is 0 Å². The zero-order chi connectivity index (χ0) is 22.5. The molecule has 0 spiro atoms. The van der Waals surface area contributed by atoms with Crippen molar-refractivity contribution in [1.82, 2.24) is 4.90 Å². The molecule has 162 valence electrons. The minimum Gasteiger partial charge on any atom is -0.507 e. The molecule has 1 atom stereocenters. The van der Waals surface area contributed by atoms with Gasteiger partial charge in [0.05, 0.1) is 11.6 Å². The van der Waals surface area contributed by atoms with Gasteiger partial charge in [-0.1, -0.05) is 46.6 Å². The SMILES string of the molecule is O=C(O)CCCCCN1C(=O)C(=O)/C(=C(/O)c2ccc(Br)cc2)[C@H]1c1ccc(F)cc1. The van der Waals surface area contributed by atoms with E-state index in [1.165, 1.54) is 29.2 Å². The van der Waals surface area contributed by atoms with Crippen LogP contribution in [0.1, 0.15) is 42.9 Å². The smallest absolute Gasteiger partial charge is 0.303 e. The molecule has 6 nitrogen and oxygen atoms in total. The number of amides is 1. The first kappa shape index (κ1) is 22.7. The molecule has 0 unspecified atom stereocenters. The number of likely N-dealkylation sites (tertiary alicyclic amines) is 1. The normalized spacial score (nSPS) is 17.9. The maximum Gasteiger partial charge on any atom is 0.303 e. The zero-order valence-electron chi connectivity index (χ0n) is 16.6. The highest BCUT2D eigenvalue weighted by molar-refractivity contribution is 9.10. The van der Waals surface area contributed by atoms with E-state index in [0.717, 1.165) is 4.47 Å². The molecule has 1 heterocycles. The van der Waals surface area contributed by atoms with Crippen LogP contribution in [-0.4, -0.2) is 39.3 Å². The quantitative estimate of drug-likeness (QED) is 0.243. The molecule has 2 N–H and O–H groups in total. The minimum absolute atomic E-state index is 0.0315. The summed E-state index contributed by atoms with van der Waals surface area (Å²) in [4.78, 5) is 37.7. The average Bonchev–Trinajstić information content (AvgIpc) is 2.99. The summed E-state index contributed by atoms with van der Waals surface area (Å²) in [6.07, 6.45) is 1.55. The van der Waals surface area contributed by atoms with Gasteiger partial charge in [0.25, 0.3) is 11.7 Å². The van der Waals surface area contributed by atoms with E-state index in [2.05, 4.69) is 15.9 Å². The number of nitrogens with zero attached hydrogens (tertiary/aromatic N) is 1. The molecule has 0 bridgehead atoms. The van der Waals surface area contributed by atoms with Crippen LogP contribution in [0.3, 0.4) is 0 Å². The maximum atomic E-state index is 13.5. The molecular formula is C23H21BrFNO5. The highest BCUT2D eigenvalue weighted by Crippen LogP contribution is 2.39. The molecule has 2 aromatic rings. The number of carbonyl (C=O) groups is 3. The van der Waals surface area contributed by atoms with Crippen LogP contribution in [0.5, 0.6) is 0 Å². The molecule has 0 aliphatic carbocycles. The summed E-state index contributed by atoms with van der Waals surface area (Å²) in [5.74, 6) is -3.19. The Labute approximate surface area is 187 Å². The van der Waals surface area contributed by atoms with Gasteiger partial charge in [0, 0.05) is 23.0 Å². The number of aliphatic carboxylic acids is 1. The fourth-order valence-corrected chi connectivity index (χ4v) is 3.87. The van der Waals surface area contributed by atoms with E-state index in [-0.39, 0.29) is 24.3 Å². The fourth-order valence-electron chi connectivity index (χ4n) is 3.60. The Morgan fingerprint density at radius 1 is 0.968 bits per heavy atom. The van der Waals surface area contributed by atoms with Crippen LogP contribution in [0.4, 0.5) is 4.39 Å². The number of carboxylic acid groups (broad SMARTS) is 1. The van der Waals surface area contributed by atoms with Crippen LogP contribution in [0, 0.1) is 5.82 Å². The summed E-state index contributed by atoms with van der Waals surface area (Å²) in [5.41, 5.74) is 0.837. The van der Waals surface area contributed by atoms with Crippen molar-refractivity contribution in [1.29, 1.82) is 0 Å². The monoisotopic (exact) mass is 489 g/mol. The molecule has 2 aromatic carbocycles. The van der Waals surface area contributed by atoms with Crippen LogP contribution in [0.15, 0.2) is 58.6 Å². The van der Waals surface area contributed by atoms with Gasteiger partial charge >= 0.3 is 5.97 Å². The third kappa shape index (κ3) is 5.19. The third-order valence-electron chi connectivity index (χ3n) is 5.13. The van der Waals surface area contributed by atoms with Gasteiger partial charge in [-0.05, 0) is 42.7 Å². The standard InChI is InChI=1S/C23H21BrFNO5/c24-16-9-5-15(6-10-16)21(29)19-20(14-7-11-17(25)12-8-14)26(23(31)22(19)30)13-3-1-2-4-18(27)28/h5-12,20,29H,1-4,13H2,(H,27,28)/b21-19+/t20-/m1/s1. The Bertz CT molecular complexity index is 1020. The first-order valence-electron chi connectivity index (χ1n) is 9.81. The van der Waals surface area contributed by atoms with Crippen molar-refractivity contribution < 1.29 is 29.0 Å². The Morgan fingerprint density at radius 2 is 1.61 bits per heavy atom. The molecule has 31 heavy (non-hydrogen) atoms. The number of carboxylic acids is 1. The van der Waals surface area contributed by atoms with Crippen LogP contribution in [-0.2, 0) is 14.4 Å². The summed E-state index contributed by atoms with van der Waals surface area (Å²) in [6, 6.07) is 11.3. The van der Waals surface area contributed by atoms with Crippen molar-refractivity contribution in [2.24, 2.45) is 0 Å². The molecule has 1 saturated heterocycles. The van der Waals surface area contributed by atoms with Crippen molar-refractivity contribution in [2.45, 2.75) is 31.7 Å². The van der Waals surface area contributed by atoms with Gasteiger partial charge in [0.15, 0.2) is 0 Å². The molecule has 1 aliphatic heterocycles. The van der Waals surface area contributed by atoms with Gasteiger partial charge in [0.1, 0.15) is 11.6 Å². The predicted molar refractivity (Wildman–Crippen MR) is 116 cm³/mol. The Hall–Kier alpha value is -3.00. The van der Waals surface area contributed by atoms with Crippen LogP contribution in [0.2, 0.25) is 0 Å². The van der Waals surface area contributed by atoms with Crippen LogP contribution in [0.25, 0.3) is 5.76 Å². The first-order valence-corrected chi connectivity index (χ1v) is 10.6. The number of hydrogen-bond donors (Lipinski definition) is 2. The molecule has 8 heteroatoms. The van der Waals surface area contributed by atoms with Gasteiger partial charge in [-0.3, -0.25) is 14.4 Å². The number of Topliss-reactive ketones (excluding diaryl/α,β-unsaturated/α-hetero) is 1. The highest BCUT2D eigenvalue weighted by Gasteiger charge is 2.45. The number of aliphatic hydroxyl groups is 1. The second-order valence-electron chi connectivity index (χ2n) is 7.26. The topological polar surface area (TPSA) is 94.9 Å². The molecule has 3 rings (SSSR count). The lowest BCUT2D eigenvalue weighted by Crippen LogP contribution is -2.30. The second-order valence-corrected chi connectivity index (χ2v) is 8.17. The number of unbranched alkanes of at least 4 members (excludes halogenated alkanes) is 2. The van der Waals surface area contributed by atoms with Gasteiger partial charge < -0.3 is 15.1 Å². The number of hydrogen-bond acceptors (Lipinski definition) is 4. The Morgan fingerprint density at radius 3 is 2.23 bits per heavy atom. The molecule has 1 aliphatic rings. The molecule has 0 saturated carbocycles. The zero-order valence-corrected chi connectivity index (χ0v) is 18.1. The Balaban J connectivity index is 1.96. The van der Waals surface area contributed by atoms with E-state index in [0.29, 0.717) is 30.4 Å². The van der Waals surface area contributed by atoms with Crippen molar-refractivity contribution >= 4 is 39.3 Å². The second kappa shape index (κ2) is 9.87. The molecular weight excluding hydrogens is 469 g/mol. The van der Waals surface area contributed by atoms with E-state index >= 15 is 0 Å². The van der Waals surface area contributed by atoms with E-state index in [1.807, 2.05) is 0 Å². The number of ketones is 1. The molecule has 0 radical (unpaired) electrons. The summed E-state index contributed by atoms with van der Waals surface area (Å²) < 4.78 is 14.3. The largest absolute Gasteiger partial charge is 0.507 e. The van der Waals surface area contributed by atoms with Crippen LogP contribution < -0.4 is 0 Å². The number of benzene rings is 2. The van der Waals surface area contributed by atoms with Crippen molar-refractivity contribution in [3.8, 4) is 0 Å². The first-order chi connectivity index (χ1) is 14.8. The van der Waals surface area contributed by atoms with Gasteiger partial charge in [-0.25, -0.2) is 4.39 Å². The lowest BCUT2D eigenvalue weighted by atomic mass is 9.95. The van der Waals surface area contributed by atoms with Crippen molar-refractivity contribution in [3.63, 3.8) is 0 Å². The summed E-state index contributed by atoms with van der Waals surface area (Å²) in [5, 5.41) is 19.7. The molecule has 1 amide bonds. The van der Waals surface area contributed by atoms with E-state index in [9.17, 15) is 23.9 Å². The lowest BCUT2D eigenvalue weighted by molar-refractivity contribution is -0.140. The lowest BCUT2D eigenvalue weighted by Gasteiger charge is -2.25. The number of aliphatic hydroxyl groups excluding tert-OH is 1.